The summed E-state index contributed by atoms with van der Waals surface area (Å²) >= 11 is 1.72. The Kier molecular flexibility index (Phi) is 4.72. The fourth-order valence-corrected chi connectivity index (χ4v) is 4.63. The molecule has 5 nitrogen and oxygen atoms in total. The maximum atomic E-state index is 4.70. The van der Waals surface area contributed by atoms with Crippen LogP contribution < -0.4 is 5.32 Å². The molecule has 1 aromatic carbocycles. The molecule has 0 bridgehead atoms. The van der Waals surface area contributed by atoms with Crippen molar-refractivity contribution in [2.45, 2.75) is 26.3 Å². The Morgan fingerprint density at radius 2 is 2.12 bits per heavy atom. The normalized spacial score (nSPS) is 18.7. The van der Waals surface area contributed by atoms with Crippen LogP contribution >= 0.6 is 11.3 Å². The van der Waals surface area contributed by atoms with Crippen molar-refractivity contribution in [2.24, 2.45) is 13.0 Å². The molecule has 1 unspecified atom stereocenters. The average molecular weight is 356 g/mol. The molecule has 0 aliphatic carbocycles. The van der Waals surface area contributed by atoms with Crippen molar-refractivity contribution in [3.63, 3.8) is 0 Å². The van der Waals surface area contributed by atoms with Crippen LogP contribution in [0.4, 0.5) is 5.13 Å². The van der Waals surface area contributed by atoms with Crippen molar-refractivity contribution >= 4 is 26.8 Å². The zero-order valence-corrected chi connectivity index (χ0v) is 15.7. The number of rotatable bonds is 5. The van der Waals surface area contributed by atoms with E-state index in [9.17, 15) is 0 Å². The summed E-state index contributed by atoms with van der Waals surface area (Å²) in [7, 11) is 1.96. The fraction of sp³-hybridized carbons (Fsp3) is 0.474. The standard InChI is InChI=1S/C19H25N5S/c1-14-17-18(23(2)22-14)21-19(25-17)20-11-16-9-6-10-24(13-16)12-15-7-4-3-5-8-15/h3-5,7-8,16H,6,9-13H2,1-2H3,(H,20,21). The number of benzene rings is 1. The number of anilines is 1. The summed E-state index contributed by atoms with van der Waals surface area (Å²) in [5, 5.41) is 9.01. The minimum absolute atomic E-state index is 0.684. The van der Waals surface area contributed by atoms with Gasteiger partial charge in [-0.1, -0.05) is 41.7 Å². The molecule has 3 aromatic rings. The first-order valence-electron chi connectivity index (χ1n) is 8.99. The average Bonchev–Trinajstić information content (AvgIpc) is 3.16. The monoisotopic (exact) mass is 355 g/mol. The first kappa shape index (κ1) is 16.5. The molecule has 1 aliphatic rings. The first-order chi connectivity index (χ1) is 12.2. The third-order valence-corrected chi connectivity index (χ3v) is 6.05. The summed E-state index contributed by atoms with van der Waals surface area (Å²) in [5.41, 5.74) is 3.46. The van der Waals surface area contributed by atoms with Gasteiger partial charge >= 0.3 is 0 Å². The lowest BCUT2D eigenvalue weighted by molar-refractivity contribution is 0.173. The number of likely N-dealkylation sites (tertiary alicyclic amines) is 1. The third kappa shape index (κ3) is 3.70. The molecule has 1 fully saturated rings. The number of nitrogens with one attached hydrogen (secondary N) is 1. The highest BCUT2D eigenvalue weighted by molar-refractivity contribution is 7.22. The molecule has 0 saturated carbocycles. The van der Waals surface area contributed by atoms with E-state index in [-0.39, 0.29) is 0 Å². The Labute approximate surface area is 152 Å². The van der Waals surface area contributed by atoms with Crippen LogP contribution in [0.3, 0.4) is 0 Å². The first-order valence-corrected chi connectivity index (χ1v) is 9.81. The predicted molar refractivity (Wildman–Crippen MR) is 104 cm³/mol. The number of aryl methyl sites for hydroxylation is 2. The molecule has 1 aliphatic heterocycles. The number of hydrogen-bond donors (Lipinski definition) is 1. The van der Waals surface area contributed by atoms with Crippen LogP contribution in [0.25, 0.3) is 10.3 Å². The van der Waals surface area contributed by atoms with E-state index in [1.54, 1.807) is 11.3 Å². The van der Waals surface area contributed by atoms with E-state index < -0.39 is 0 Å². The molecule has 3 heterocycles. The number of aromatic nitrogens is 3. The van der Waals surface area contributed by atoms with Crippen molar-refractivity contribution < 1.29 is 0 Å². The summed E-state index contributed by atoms with van der Waals surface area (Å²) in [4.78, 5) is 7.28. The molecule has 25 heavy (non-hydrogen) atoms. The van der Waals surface area contributed by atoms with Gasteiger partial charge < -0.3 is 5.32 Å². The lowest BCUT2D eigenvalue weighted by atomic mass is 9.97. The zero-order chi connectivity index (χ0) is 17.2. The summed E-state index contributed by atoms with van der Waals surface area (Å²) in [6.07, 6.45) is 2.58. The lowest BCUT2D eigenvalue weighted by Crippen LogP contribution is -2.37. The number of thiazole rings is 1. The number of fused-ring (bicyclic) bond motifs is 1. The van der Waals surface area contributed by atoms with Crippen molar-refractivity contribution in [2.75, 3.05) is 25.0 Å². The van der Waals surface area contributed by atoms with Crippen LogP contribution in [0, 0.1) is 12.8 Å². The van der Waals surface area contributed by atoms with Crippen LogP contribution in [-0.4, -0.2) is 39.3 Å². The van der Waals surface area contributed by atoms with Gasteiger partial charge in [-0.2, -0.15) is 5.10 Å². The van der Waals surface area contributed by atoms with E-state index in [4.69, 9.17) is 4.98 Å². The molecule has 132 valence electrons. The van der Waals surface area contributed by atoms with E-state index in [1.165, 1.54) is 29.6 Å². The minimum atomic E-state index is 0.684. The highest BCUT2D eigenvalue weighted by Crippen LogP contribution is 2.28. The Morgan fingerprint density at radius 1 is 1.28 bits per heavy atom. The van der Waals surface area contributed by atoms with Gasteiger partial charge in [-0.25, -0.2) is 9.67 Å². The highest BCUT2D eigenvalue weighted by atomic mass is 32.1. The Bertz CT molecular complexity index is 804. The summed E-state index contributed by atoms with van der Waals surface area (Å²) < 4.78 is 3.06. The molecule has 0 spiro atoms. The minimum Gasteiger partial charge on any atom is -0.361 e. The lowest BCUT2D eigenvalue weighted by Gasteiger charge is -2.32. The second kappa shape index (κ2) is 7.14. The Balaban J connectivity index is 1.34. The van der Waals surface area contributed by atoms with Gasteiger partial charge in [0.1, 0.15) is 0 Å². The van der Waals surface area contributed by atoms with Gasteiger partial charge in [-0.05, 0) is 37.8 Å². The van der Waals surface area contributed by atoms with Crippen LogP contribution in [0.2, 0.25) is 0 Å². The molecular formula is C19H25N5S. The second-order valence-electron chi connectivity index (χ2n) is 6.99. The largest absolute Gasteiger partial charge is 0.361 e. The topological polar surface area (TPSA) is 46.0 Å². The van der Waals surface area contributed by atoms with E-state index in [2.05, 4.69) is 45.6 Å². The summed E-state index contributed by atoms with van der Waals surface area (Å²) in [6.45, 7) is 6.47. The van der Waals surface area contributed by atoms with E-state index in [1.807, 2.05) is 18.7 Å². The van der Waals surface area contributed by atoms with Gasteiger partial charge in [-0.15, -0.1) is 0 Å². The molecule has 4 rings (SSSR count). The molecular weight excluding hydrogens is 330 g/mol. The summed E-state index contributed by atoms with van der Waals surface area (Å²) in [5.74, 6) is 0.684. The molecule has 1 N–H and O–H groups in total. The molecule has 2 aromatic heterocycles. The van der Waals surface area contributed by atoms with Gasteiger partial charge in [0.25, 0.3) is 0 Å². The van der Waals surface area contributed by atoms with Crippen molar-refractivity contribution in [1.82, 2.24) is 19.7 Å². The highest BCUT2D eigenvalue weighted by Gasteiger charge is 2.20. The van der Waals surface area contributed by atoms with E-state index in [0.29, 0.717) is 5.92 Å². The van der Waals surface area contributed by atoms with Gasteiger partial charge in [0.15, 0.2) is 10.8 Å². The van der Waals surface area contributed by atoms with Gasteiger partial charge in [0.05, 0.1) is 10.4 Å². The van der Waals surface area contributed by atoms with Crippen LogP contribution in [0.5, 0.6) is 0 Å². The van der Waals surface area contributed by atoms with Crippen molar-refractivity contribution in [3.05, 3.63) is 41.6 Å². The quantitative estimate of drug-likeness (QED) is 0.759. The number of piperidine rings is 1. The SMILES string of the molecule is Cc1nn(C)c2nc(NCC3CCCN(Cc4ccccc4)C3)sc12. The van der Waals surface area contributed by atoms with E-state index >= 15 is 0 Å². The molecule has 0 radical (unpaired) electrons. The Morgan fingerprint density at radius 3 is 2.92 bits per heavy atom. The van der Waals surface area contributed by atoms with Crippen LogP contribution in [-0.2, 0) is 13.6 Å². The number of hydrogen-bond acceptors (Lipinski definition) is 5. The van der Waals surface area contributed by atoms with Gasteiger partial charge in [-0.3, -0.25) is 4.90 Å². The molecule has 1 atom stereocenters. The van der Waals surface area contributed by atoms with Crippen molar-refractivity contribution in [1.29, 1.82) is 0 Å². The fourth-order valence-electron chi connectivity index (χ4n) is 3.70. The van der Waals surface area contributed by atoms with E-state index in [0.717, 1.165) is 36.1 Å². The predicted octanol–water partition coefficient (Wildman–Crippen LogP) is 3.66. The van der Waals surface area contributed by atoms with Gasteiger partial charge in [0.2, 0.25) is 0 Å². The second-order valence-corrected chi connectivity index (χ2v) is 7.99. The zero-order valence-electron chi connectivity index (χ0n) is 14.9. The van der Waals surface area contributed by atoms with Crippen LogP contribution in [0.1, 0.15) is 24.1 Å². The smallest absolute Gasteiger partial charge is 0.185 e. The van der Waals surface area contributed by atoms with Crippen LogP contribution in [0.15, 0.2) is 30.3 Å². The van der Waals surface area contributed by atoms with Gasteiger partial charge in [0, 0.05) is 26.7 Å². The third-order valence-electron chi connectivity index (χ3n) is 4.94. The summed E-state index contributed by atoms with van der Waals surface area (Å²) in [6, 6.07) is 10.8. The van der Waals surface area contributed by atoms with Crippen molar-refractivity contribution in [3.8, 4) is 0 Å². The molecule has 1 saturated heterocycles. The Hall–Kier alpha value is -1.92. The molecule has 6 heteroatoms. The molecule has 0 amide bonds. The maximum Gasteiger partial charge on any atom is 0.185 e. The maximum absolute atomic E-state index is 4.70. The number of nitrogens with zero attached hydrogens (tertiary/aromatic N) is 4.